The van der Waals surface area contributed by atoms with Gasteiger partial charge in [-0.2, -0.15) is 13.9 Å². The fourth-order valence-corrected chi connectivity index (χ4v) is 3.55. The van der Waals surface area contributed by atoms with Gasteiger partial charge in [-0.3, -0.25) is 9.48 Å². The van der Waals surface area contributed by atoms with E-state index >= 15 is 0 Å². The maximum Gasteiger partial charge on any atom is 0.387 e. The molecule has 6 nitrogen and oxygen atoms in total. The zero-order chi connectivity index (χ0) is 21.1. The summed E-state index contributed by atoms with van der Waals surface area (Å²) in [5.74, 6) is -0.456. The largest absolute Gasteiger partial charge is 0.435 e. The van der Waals surface area contributed by atoms with E-state index in [9.17, 15) is 13.6 Å². The van der Waals surface area contributed by atoms with E-state index in [4.69, 9.17) is 11.6 Å². The number of hydrogen-bond donors (Lipinski definition) is 1. The number of carbonyl (C=O) groups excluding carboxylic acids is 1. The average molecular weight is 441 g/mol. The molecular weight excluding hydrogens is 422 g/mol. The third-order valence-corrected chi connectivity index (χ3v) is 5.60. The number of carbonyl (C=O) groups is 1. The second-order valence-corrected chi connectivity index (χ2v) is 7.73. The molecule has 1 N–H and O–H groups in total. The summed E-state index contributed by atoms with van der Waals surface area (Å²) >= 11 is 7.43. The Balaban J connectivity index is 1.63. The number of ether oxygens (including phenoxy) is 1. The summed E-state index contributed by atoms with van der Waals surface area (Å²) in [6.45, 7) is 3.01. The highest BCUT2D eigenvalue weighted by molar-refractivity contribution is 7.14. The first-order valence-corrected chi connectivity index (χ1v) is 10.0. The van der Waals surface area contributed by atoms with Crippen molar-refractivity contribution in [1.29, 1.82) is 0 Å². The molecule has 1 atom stereocenters. The van der Waals surface area contributed by atoms with Gasteiger partial charge in [-0.05, 0) is 38.1 Å². The van der Waals surface area contributed by atoms with Crippen molar-refractivity contribution in [2.24, 2.45) is 5.92 Å². The minimum absolute atomic E-state index is 0.0746. The van der Waals surface area contributed by atoms with Crippen LogP contribution in [-0.2, 0) is 11.3 Å². The molecule has 1 amide bonds. The van der Waals surface area contributed by atoms with Gasteiger partial charge in [-0.1, -0.05) is 18.5 Å². The van der Waals surface area contributed by atoms with Gasteiger partial charge in [0.2, 0.25) is 5.91 Å². The zero-order valence-electron chi connectivity index (χ0n) is 15.9. The molecule has 3 aromatic rings. The highest BCUT2D eigenvalue weighted by atomic mass is 35.5. The molecule has 3 rings (SSSR count). The van der Waals surface area contributed by atoms with Crippen LogP contribution in [0.3, 0.4) is 0 Å². The maximum atomic E-state index is 12.5. The molecule has 0 aliphatic carbocycles. The van der Waals surface area contributed by atoms with E-state index in [2.05, 4.69) is 20.1 Å². The summed E-state index contributed by atoms with van der Waals surface area (Å²) in [6.07, 6.45) is 0. The molecular formula is C19H19ClF2N4O2S. The van der Waals surface area contributed by atoms with Crippen LogP contribution in [0.25, 0.3) is 11.3 Å². The smallest absolute Gasteiger partial charge is 0.387 e. The van der Waals surface area contributed by atoms with Gasteiger partial charge in [0.15, 0.2) is 5.13 Å². The standard InChI is InChI=1S/C19H19ClF2N4O2S/c1-10(8-26-12(3)16(20)11(2)25-26)17(27)24-19-23-15(9-29-19)13-4-6-14(7-5-13)28-18(21)22/h4-7,9-10,18H,8H2,1-3H3,(H,23,24,27). The summed E-state index contributed by atoms with van der Waals surface area (Å²) in [6, 6.07) is 6.16. The normalized spacial score (nSPS) is 12.2. The molecule has 0 bridgehead atoms. The lowest BCUT2D eigenvalue weighted by Gasteiger charge is -2.12. The highest BCUT2D eigenvalue weighted by Gasteiger charge is 2.18. The fourth-order valence-electron chi connectivity index (χ4n) is 2.69. The first-order valence-electron chi connectivity index (χ1n) is 8.75. The molecule has 1 unspecified atom stereocenters. The zero-order valence-corrected chi connectivity index (χ0v) is 17.5. The number of amides is 1. The van der Waals surface area contributed by atoms with Crippen molar-refractivity contribution in [2.75, 3.05) is 5.32 Å². The van der Waals surface area contributed by atoms with Gasteiger partial charge in [-0.15, -0.1) is 11.3 Å². The van der Waals surface area contributed by atoms with Crippen LogP contribution in [0.5, 0.6) is 5.75 Å². The average Bonchev–Trinajstić information content (AvgIpc) is 3.22. The summed E-state index contributed by atoms with van der Waals surface area (Å²) < 4.78 is 30.5. The monoisotopic (exact) mass is 440 g/mol. The van der Waals surface area contributed by atoms with Gasteiger partial charge in [0.05, 0.1) is 34.6 Å². The number of alkyl halides is 2. The maximum absolute atomic E-state index is 12.5. The Hall–Kier alpha value is -2.52. The van der Waals surface area contributed by atoms with Crippen molar-refractivity contribution < 1.29 is 18.3 Å². The molecule has 0 saturated heterocycles. The van der Waals surface area contributed by atoms with E-state index < -0.39 is 6.61 Å². The Bertz CT molecular complexity index is 1000. The van der Waals surface area contributed by atoms with Crippen LogP contribution in [0, 0.1) is 19.8 Å². The molecule has 154 valence electrons. The second-order valence-electron chi connectivity index (χ2n) is 6.50. The van der Waals surface area contributed by atoms with Crippen LogP contribution < -0.4 is 10.1 Å². The van der Waals surface area contributed by atoms with Gasteiger partial charge in [0.25, 0.3) is 0 Å². The van der Waals surface area contributed by atoms with Crippen molar-refractivity contribution >= 4 is 34.0 Å². The van der Waals surface area contributed by atoms with Gasteiger partial charge in [-0.25, -0.2) is 4.98 Å². The molecule has 10 heteroatoms. The van der Waals surface area contributed by atoms with Crippen molar-refractivity contribution in [3.8, 4) is 17.0 Å². The van der Waals surface area contributed by atoms with Crippen molar-refractivity contribution in [3.63, 3.8) is 0 Å². The van der Waals surface area contributed by atoms with E-state index in [0.717, 1.165) is 17.0 Å². The molecule has 2 aromatic heterocycles. The van der Waals surface area contributed by atoms with Crippen LogP contribution in [0.15, 0.2) is 29.6 Å². The summed E-state index contributed by atoms with van der Waals surface area (Å²) in [5.41, 5.74) is 2.91. The first-order chi connectivity index (χ1) is 13.7. The highest BCUT2D eigenvalue weighted by Crippen LogP contribution is 2.27. The fraction of sp³-hybridized carbons (Fsp3) is 0.316. The van der Waals surface area contributed by atoms with Crippen LogP contribution >= 0.6 is 22.9 Å². The predicted molar refractivity (Wildman–Crippen MR) is 109 cm³/mol. The van der Waals surface area contributed by atoms with Crippen molar-refractivity contribution in [1.82, 2.24) is 14.8 Å². The Morgan fingerprint density at radius 1 is 1.31 bits per heavy atom. The topological polar surface area (TPSA) is 69.0 Å². The third kappa shape index (κ3) is 5.10. The molecule has 0 aliphatic heterocycles. The van der Waals surface area contributed by atoms with Gasteiger partial charge >= 0.3 is 6.61 Å². The van der Waals surface area contributed by atoms with Gasteiger partial charge < -0.3 is 10.1 Å². The first kappa shape index (κ1) is 21.2. The number of nitrogens with zero attached hydrogens (tertiary/aromatic N) is 3. The lowest BCUT2D eigenvalue weighted by Crippen LogP contribution is -2.25. The Morgan fingerprint density at radius 2 is 2.00 bits per heavy atom. The van der Waals surface area contributed by atoms with E-state index in [0.29, 0.717) is 22.4 Å². The van der Waals surface area contributed by atoms with E-state index in [-0.39, 0.29) is 17.6 Å². The SMILES string of the molecule is Cc1nn(CC(C)C(=O)Nc2nc(-c3ccc(OC(F)F)cc3)cs2)c(C)c1Cl. The summed E-state index contributed by atoms with van der Waals surface area (Å²) in [7, 11) is 0. The number of hydrogen-bond acceptors (Lipinski definition) is 5. The van der Waals surface area contributed by atoms with Crippen LogP contribution in [-0.4, -0.2) is 27.3 Å². The molecule has 1 aromatic carbocycles. The van der Waals surface area contributed by atoms with E-state index in [1.54, 1.807) is 29.1 Å². The van der Waals surface area contributed by atoms with Gasteiger partial charge in [0.1, 0.15) is 5.75 Å². The lowest BCUT2D eigenvalue weighted by molar-refractivity contribution is -0.119. The Labute approximate surface area is 175 Å². The number of nitrogens with one attached hydrogen (secondary N) is 1. The van der Waals surface area contributed by atoms with E-state index in [1.165, 1.54) is 23.5 Å². The van der Waals surface area contributed by atoms with Crippen LogP contribution in [0.4, 0.5) is 13.9 Å². The molecule has 0 fully saturated rings. The van der Waals surface area contributed by atoms with Crippen molar-refractivity contribution in [2.45, 2.75) is 33.9 Å². The van der Waals surface area contributed by atoms with Crippen molar-refractivity contribution in [3.05, 3.63) is 46.1 Å². The quantitative estimate of drug-likeness (QED) is 0.551. The summed E-state index contributed by atoms with van der Waals surface area (Å²) in [5, 5.41) is 9.98. The number of rotatable bonds is 7. The van der Waals surface area contributed by atoms with Gasteiger partial charge in [0, 0.05) is 10.9 Å². The molecule has 29 heavy (non-hydrogen) atoms. The lowest BCUT2D eigenvalue weighted by atomic mass is 10.1. The van der Waals surface area contributed by atoms with E-state index in [1.807, 2.05) is 13.8 Å². The molecule has 2 heterocycles. The predicted octanol–water partition coefficient (Wildman–Crippen LogP) is 5.15. The number of halogens is 3. The van der Waals surface area contributed by atoms with Crippen LogP contribution in [0.2, 0.25) is 5.02 Å². The second kappa shape index (κ2) is 8.87. The molecule has 0 aliphatic rings. The number of thiazole rings is 1. The number of aromatic nitrogens is 3. The summed E-state index contributed by atoms with van der Waals surface area (Å²) in [4.78, 5) is 16.9. The Morgan fingerprint density at radius 3 is 2.59 bits per heavy atom. The number of benzene rings is 1. The molecule has 0 saturated carbocycles. The third-order valence-electron chi connectivity index (χ3n) is 4.30. The minimum Gasteiger partial charge on any atom is -0.435 e. The molecule has 0 radical (unpaired) electrons. The Kier molecular flexibility index (Phi) is 6.49. The number of anilines is 1. The molecule has 0 spiro atoms. The minimum atomic E-state index is -2.87. The van der Waals surface area contributed by atoms with Crippen LogP contribution in [0.1, 0.15) is 18.3 Å². The number of aryl methyl sites for hydroxylation is 1.